The van der Waals surface area contributed by atoms with Crippen molar-refractivity contribution < 1.29 is 14.3 Å². The van der Waals surface area contributed by atoms with E-state index in [1.807, 2.05) is 56.3 Å². The van der Waals surface area contributed by atoms with E-state index in [0.29, 0.717) is 30.1 Å². The van der Waals surface area contributed by atoms with Crippen molar-refractivity contribution >= 4 is 29.1 Å². The van der Waals surface area contributed by atoms with Crippen molar-refractivity contribution in [3.05, 3.63) is 70.1 Å². The molecule has 1 heterocycles. The maximum atomic E-state index is 13.3. The Balaban J connectivity index is 1.85. The number of ether oxygens (including phenoxy) is 1. The molecule has 0 aromatic heterocycles. The highest BCUT2D eigenvalue weighted by Gasteiger charge is 2.39. The fourth-order valence-corrected chi connectivity index (χ4v) is 4.49. The summed E-state index contributed by atoms with van der Waals surface area (Å²) in [6, 6.07) is 15.7. The van der Waals surface area contributed by atoms with E-state index in [2.05, 4.69) is 13.0 Å². The molecule has 30 heavy (non-hydrogen) atoms. The molecule has 0 atom stereocenters. The van der Waals surface area contributed by atoms with Crippen LogP contribution in [0.25, 0.3) is 5.57 Å². The third-order valence-electron chi connectivity index (χ3n) is 5.05. The normalized spacial score (nSPS) is 14.2. The van der Waals surface area contributed by atoms with Crippen LogP contribution in [0.4, 0.5) is 0 Å². The molecule has 1 aliphatic rings. The third-order valence-corrected chi connectivity index (χ3v) is 6.14. The number of nitrogens with zero attached hydrogens (tertiary/aromatic N) is 1. The second kappa shape index (κ2) is 10.6. The van der Waals surface area contributed by atoms with E-state index >= 15 is 0 Å². The van der Waals surface area contributed by atoms with Gasteiger partial charge >= 0.3 is 0 Å². The van der Waals surface area contributed by atoms with Gasteiger partial charge in [-0.3, -0.25) is 14.5 Å². The molecule has 4 nitrogen and oxygen atoms in total. The third kappa shape index (κ3) is 5.21. The number of aryl methyl sites for hydroxylation is 2. The maximum Gasteiger partial charge on any atom is 0.268 e. The van der Waals surface area contributed by atoms with Crippen molar-refractivity contribution in [2.75, 3.05) is 19.8 Å². The van der Waals surface area contributed by atoms with Crippen LogP contribution in [0.1, 0.15) is 42.9 Å². The molecule has 0 aliphatic carbocycles. The van der Waals surface area contributed by atoms with Gasteiger partial charge in [-0.05, 0) is 49.9 Å². The van der Waals surface area contributed by atoms with Gasteiger partial charge in [-0.1, -0.05) is 67.1 Å². The molecule has 0 radical (unpaired) electrons. The summed E-state index contributed by atoms with van der Waals surface area (Å²) < 4.78 is 5.60. The van der Waals surface area contributed by atoms with Crippen molar-refractivity contribution in [3.63, 3.8) is 0 Å². The number of benzene rings is 2. The lowest BCUT2D eigenvalue weighted by atomic mass is 9.99. The molecular weight excluding hydrogens is 394 g/mol. The molecule has 3 rings (SSSR count). The Morgan fingerprint density at radius 3 is 2.37 bits per heavy atom. The Kier molecular flexibility index (Phi) is 7.88. The van der Waals surface area contributed by atoms with Crippen LogP contribution in [0.5, 0.6) is 0 Å². The Bertz CT molecular complexity index is 937. The Morgan fingerprint density at radius 1 is 0.933 bits per heavy atom. The first kappa shape index (κ1) is 22.3. The lowest BCUT2D eigenvalue weighted by Crippen LogP contribution is -2.33. The average molecular weight is 424 g/mol. The molecule has 0 spiro atoms. The van der Waals surface area contributed by atoms with Gasteiger partial charge in [0.25, 0.3) is 11.8 Å². The largest absolute Gasteiger partial charge is 0.381 e. The predicted molar refractivity (Wildman–Crippen MR) is 122 cm³/mol. The molecular formula is C25H29NO3S. The van der Waals surface area contributed by atoms with Gasteiger partial charge in [0, 0.05) is 24.7 Å². The second-order valence-electron chi connectivity index (χ2n) is 7.52. The van der Waals surface area contributed by atoms with Crippen LogP contribution in [-0.2, 0) is 14.3 Å². The van der Waals surface area contributed by atoms with Crippen molar-refractivity contribution in [1.29, 1.82) is 0 Å². The molecule has 0 N–H and O–H groups in total. The number of imide groups is 1. The summed E-state index contributed by atoms with van der Waals surface area (Å²) in [5.41, 5.74) is 3.48. The van der Waals surface area contributed by atoms with Gasteiger partial charge in [0.05, 0.1) is 10.5 Å². The van der Waals surface area contributed by atoms with Crippen LogP contribution in [0.3, 0.4) is 0 Å². The zero-order valence-corrected chi connectivity index (χ0v) is 18.8. The molecule has 158 valence electrons. The van der Waals surface area contributed by atoms with Gasteiger partial charge in [0.1, 0.15) is 0 Å². The second-order valence-corrected chi connectivity index (χ2v) is 8.60. The molecule has 5 heteroatoms. The van der Waals surface area contributed by atoms with Gasteiger partial charge in [-0.15, -0.1) is 0 Å². The van der Waals surface area contributed by atoms with E-state index in [-0.39, 0.29) is 11.8 Å². The summed E-state index contributed by atoms with van der Waals surface area (Å²) in [5, 5.41) is 0. The van der Waals surface area contributed by atoms with Gasteiger partial charge < -0.3 is 4.74 Å². The minimum Gasteiger partial charge on any atom is -0.381 e. The van der Waals surface area contributed by atoms with Crippen molar-refractivity contribution in [2.24, 2.45) is 0 Å². The summed E-state index contributed by atoms with van der Waals surface area (Å²) in [7, 11) is 0. The number of hydrogen-bond donors (Lipinski definition) is 0. The minimum atomic E-state index is -0.211. The number of hydrogen-bond acceptors (Lipinski definition) is 4. The number of unbranched alkanes of at least 4 members (excludes halogenated alkanes) is 1. The number of rotatable bonds is 10. The highest BCUT2D eigenvalue weighted by molar-refractivity contribution is 8.04. The molecule has 2 aromatic carbocycles. The first-order valence-electron chi connectivity index (χ1n) is 10.5. The lowest BCUT2D eigenvalue weighted by Gasteiger charge is -2.15. The zero-order valence-electron chi connectivity index (χ0n) is 17.9. The number of amides is 2. The van der Waals surface area contributed by atoms with E-state index in [0.717, 1.165) is 41.0 Å². The first-order chi connectivity index (χ1) is 14.5. The monoisotopic (exact) mass is 423 g/mol. The zero-order chi connectivity index (χ0) is 21.5. The first-order valence-corrected chi connectivity index (χ1v) is 11.3. The van der Waals surface area contributed by atoms with Gasteiger partial charge in [-0.2, -0.15) is 0 Å². The van der Waals surface area contributed by atoms with Crippen molar-refractivity contribution in [2.45, 2.75) is 44.9 Å². The van der Waals surface area contributed by atoms with Gasteiger partial charge in [0.15, 0.2) is 0 Å². The maximum absolute atomic E-state index is 13.3. The highest BCUT2D eigenvalue weighted by atomic mass is 32.2. The van der Waals surface area contributed by atoms with E-state index in [1.165, 1.54) is 16.7 Å². The molecule has 0 saturated heterocycles. The van der Waals surface area contributed by atoms with Crippen LogP contribution >= 0.6 is 11.8 Å². The Morgan fingerprint density at radius 2 is 1.67 bits per heavy atom. The number of carbonyl (C=O) groups excluding carboxylic acids is 2. The van der Waals surface area contributed by atoms with Gasteiger partial charge in [-0.25, -0.2) is 0 Å². The average Bonchev–Trinajstić information content (AvgIpc) is 2.95. The van der Waals surface area contributed by atoms with E-state index in [4.69, 9.17) is 4.74 Å². The summed E-state index contributed by atoms with van der Waals surface area (Å²) in [6.07, 6.45) is 2.76. The summed E-state index contributed by atoms with van der Waals surface area (Å²) in [5.74, 6) is -0.420. The van der Waals surface area contributed by atoms with E-state index in [9.17, 15) is 9.59 Å². The van der Waals surface area contributed by atoms with E-state index < -0.39 is 0 Å². The summed E-state index contributed by atoms with van der Waals surface area (Å²) in [6.45, 7) is 7.78. The lowest BCUT2D eigenvalue weighted by molar-refractivity contribution is -0.136. The van der Waals surface area contributed by atoms with Crippen molar-refractivity contribution in [1.82, 2.24) is 4.90 Å². The minimum absolute atomic E-state index is 0.209. The topological polar surface area (TPSA) is 46.6 Å². The molecule has 0 bridgehead atoms. The number of thioether (sulfide) groups is 1. The van der Waals surface area contributed by atoms with Crippen LogP contribution in [0.2, 0.25) is 0 Å². The van der Waals surface area contributed by atoms with Crippen LogP contribution in [0, 0.1) is 13.8 Å². The summed E-state index contributed by atoms with van der Waals surface area (Å²) in [4.78, 5) is 29.4. The molecule has 0 saturated carbocycles. The fraction of sp³-hybridized carbons (Fsp3) is 0.360. The fourth-order valence-electron chi connectivity index (χ4n) is 3.46. The highest BCUT2D eigenvalue weighted by Crippen LogP contribution is 2.40. The van der Waals surface area contributed by atoms with Gasteiger partial charge in [0.2, 0.25) is 0 Å². The number of carbonyl (C=O) groups is 2. The Hall–Kier alpha value is -2.37. The van der Waals surface area contributed by atoms with E-state index in [1.54, 1.807) is 0 Å². The van der Waals surface area contributed by atoms with Crippen LogP contribution in [-0.4, -0.2) is 36.5 Å². The molecule has 0 unspecified atom stereocenters. The van der Waals surface area contributed by atoms with Crippen molar-refractivity contribution in [3.8, 4) is 0 Å². The molecule has 2 amide bonds. The smallest absolute Gasteiger partial charge is 0.268 e. The predicted octanol–water partition coefficient (Wildman–Crippen LogP) is 5.38. The quantitative estimate of drug-likeness (QED) is 0.380. The Labute approximate surface area is 183 Å². The molecule has 2 aromatic rings. The SMILES string of the molecule is CCCCOCCCN1C(=O)C(Sc2ccccc2)=C(c2ccc(C)cc2C)C1=O. The molecule has 1 aliphatic heterocycles. The molecule has 0 fully saturated rings. The standard InChI is InChI=1S/C25H29NO3S/c1-4-5-15-29-16-9-14-26-24(27)22(21-13-12-18(2)17-19(21)3)23(25(26)28)30-20-10-7-6-8-11-20/h6-8,10-13,17H,4-5,9,14-16H2,1-3H3. The van der Waals surface area contributed by atoms with Crippen LogP contribution < -0.4 is 0 Å². The van der Waals surface area contributed by atoms with Crippen LogP contribution in [0.15, 0.2) is 58.3 Å². The summed E-state index contributed by atoms with van der Waals surface area (Å²) >= 11 is 1.37.